The second kappa shape index (κ2) is 5.01. The highest BCUT2D eigenvalue weighted by Gasteiger charge is 2.43. The fourth-order valence-corrected chi connectivity index (χ4v) is 3.02. The number of para-hydroxylation sites is 1. The standard InChI is InChI=1S/C15H20O3/c1-2-11-7-6-8-12(13(11)16)15(14(17)18)9-4-3-5-10-15/h6-8,16H,2-5,9-10H2,1H3,(H,17,18). The van der Waals surface area contributed by atoms with Gasteiger partial charge in [0.05, 0.1) is 5.41 Å². The largest absolute Gasteiger partial charge is 0.507 e. The van der Waals surface area contributed by atoms with E-state index in [9.17, 15) is 15.0 Å². The number of aromatic hydroxyl groups is 1. The Kier molecular flexibility index (Phi) is 3.60. The van der Waals surface area contributed by atoms with Crippen LogP contribution in [0.25, 0.3) is 0 Å². The number of carboxylic acids is 1. The molecule has 0 unspecified atom stereocenters. The van der Waals surface area contributed by atoms with E-state index in [1.165, 1.54) is 0 Å². The molecular weight excluding hydrogens is 228 g/mol. The van der Waals surface area contributed by atoms with E-state index in [2.05, 4.69) is 0 Å². The van der Waals surface area contributed by atoms with Gasteiger partial charge in [0.15, 0.2) is 0 Å². The van der Waals surface area contributed by atoms with Crippen molar-refractivity contribution in [3.8, 4) is 5.75 Å². The van der Waals surface area contributed by atoms with Crippen LogP contribution in [0.2, 0.25) is 0 Å². The number of phenolic OH excluding ortho intramolecular Hbond substituents is 1. The first-order valence-electron chi connectivity index (χ1n) is 6.66. The lowest BCUT2D eigenvalue weighted by molar-refractivity contribution is -0.145. The van der Waals surface area contributed by atoms with E-state index < -0.39 is 11.4 Å². The summed E-state index contributed by atoms with van der Waals surface area (Å²) in [6, 6.07) is 5.48. The molecule has 1 aliphatic carbocycles. The van der Waals surface area contributed by atoms with Gasteiger partial charge in [-0.1, -0.05) is 44.4 Å². The van der Waals surface area contributed by atoms with Gasteiger partial charge in [0.25, 0.3) is 0 Å². The third-order valence-electron chi connectivity index (χ3n) is 4.13. The van der Waals surface area contributed by atoms with E-state index in [-0.39, 0.29) is 5.75 Å². The summed E-state index contributed by atoms with van der Waals surface area (Å²) in [6.45, 7) is 1.97. The van der Waals surface area contributed by atoms with Gasteiger partial charge in [-0.05, 0) is 24.8 Å². The summed E-state index contributed by atoms with van der Waals surface area (Å²) in [5, 5.41) is 19.9. The number of aryl methyl sites for hydroxylation is 1. The van der Waals surface area contributed by atoms with Crippen molar-refractivity contribution in [1.82, 2.24) is 0 Å². The molecule has 18 heavy (non-hydrogen) atoms. The van der Waals surface area contributed by atoms with E-state index >= 15 is 0 Å². The highest BCUT2D eigenvalue weighted by atomic mass is 16.4. The predicted molar refractivity (Wildman–Crippen MR) is 69.9 cm³/mol. The topological polar surface area (TPSA) is 57.5 Å². The molecule has 2 rings (SSSR count). The zero-order chi connectivity index (χ0) is 13.2. The zero-order valence-electron chi connectivity index (χ0n) is 10.8. The van der Waals surface area contributed by atoms with Crippen molar-refractivity contribution >= 4 is 5.97 Å². The summed E-state index contributed by atoms with van der Waals surface area (Å²) in [5.41, 5.74) is 0.556. The molecule has 3 heteroatoms. The van der Waals surface area contributed by atoms with Gasteiger partial charge < -0.3 is 10.2 Å². The van der Waals surface area contributed by atoms with E-state index in [0.717, 1.165) is 31.2 Å². The summed E-state index contributed by atoms with van der Waals surface area (Å²) in [4.78, 5) is 11.7. The van der Waals surface area contributed by atoms with Gasteiger partial charge in [-0.15, -0.1) is 0 Å². The third kappa shape index (κ3) is 1.98. The molecule has 0 amide bonds. The first kappa shape index (κ1) is 12.9. The number of rotatable bonds is 3. The Bertz CT molecular complexity index is 445. The third-order valence-corrected chi connectivity index (χ3v) is 4.13. The Morgan fingerprint density at radius 2 is 1.94 bits per heavy atom. The highest BCUT2D eigenvalue weighted by molar-refractivity contribution is 5.82. The van der Waals surface area contributed by atoms with Crippen LogP contribution >= 0.6 is 0 Å². The van der Waals surface area contributed by atoms with Crippen LogP contribution in [0.1, 0.15) is 50.2 Å². The molecule has 0 heterocycles. The van der Waals surface area contributed by atoms with Crippen molar-refractivity contribution in [1.29, 1.82) is 0 Å². The average Bonchev–Trinajstić information content (AvgIpc) is 2.39. The van der Waals surface area contributed by atoms with E-state index in [4.69, 9.17) is 0 Å². The van der Waals surface area contributed by atoms with Crippen LogP contribution in [-0.4, -0.2) is 16.2 Å². The maximum Gasteiger partial charge on any atom is 0.314 e. The van der Waals surface area contributed by atoms with Gasteiger partial charge in [-0.2, -0.15) is 0 Å². The average molecular weight is 248 g/mol. The molecule has 1 saturated carbocycles. The number of aliphatic carboxylic acids is 1. The molecule has 0 aromatic heterocycles. The Hall–Kier alpha value is -1.51. The van der Waals surface area contributed by atoms with Crippen LogP contribution in [0.5, 0.6) is 5.75 Å². The van der Waals surface area contributed by atoms with Crippen LogP contribution in [0.3, 0.4) is 0 Å². The second-order valence-corrected chi connectivity index (χ2v) is 5.11. The Labute approximate surface area is 107 Å². The second-order valence-electron chi connectivity index (χ2n) is 5.11. The van der Waals surface area contributed by atoms with Crippen LogP contribution in [0, 0.1) is 0 Å². The van der Waals surface area contributed by atoms with Crippen molar-refractivity contribution < 1.29 is 15.0 Å². The monoisotopic (exact) mass is 248 g/mol. The Balaban J connectivity index is 2.52. The number of phenols is 1. The zero-order valence-corrected chi connectivity index (χ0v) is 10.8. The van der Waals surface area contributed by atoms with Gasteiger partial charge in [-0.25, -0.2) is 0 Å². The minimum atomic E-state index is -0.881. The number of benzene rings is 1. The van der Waals surface area contributed by atoms with Crippen molar-refractivity contribution in [3.05, 3.63) is 29.3 Å². The molecule has 1 fully saturated rings. The first-order valence-corrected chi connectivity index (χ1v) is 6.66. The van der Waals surface area contributed by atoms with Crippen molar-refractivity contribution in [2.45, 2.75) is 50.9 Å². The molecule has 0 saturated heterocycles. The molecule has 1 aliphatic rings. The molecule has 98 valence electrons. The van der Waals surface area contributed by atoms with E-state index in [1.54, 1.807) is 6.07 Å². The van der Waals surface area contributed by atoms with Gasteiger partial charge in [0, 0.05) is 5.56 Å². The van der Waals surface area contributed by atoms with Gasteiger partial charge in [0.2, 0.25) is 0 Å². The summed E-state index contributed by atoms with van der Waals surface area (Å²) in [5.74, 6) is -0.616. The summed E-state index contributed by atoms with van der Waals surface area (Å²) >= 11 is 0. The van der Waals surface area contributed by atoms with Crippen LogP contribution < -0.4 is 0 Å². The molecular formula is C15H20O3. The van der Waals surface area contributed by atoms with Gasteiger partial charge in [0.1, 0.15) is 5.75 Å². The van der Waals surface area contributed by atoms with Crippen molar-refractivity contribution in [3.63, 3.8) is 0 Å². The number of hydrogen-bond acceptors (Lipinski definition) is 2. The van der Waals surface area contributed by atoms with Gasteiger partial charge >= 0.3 is 5.97 Å². The summed E-state index contributed by atoms with van der Waals surface area (Å²) in [6.07, 6.45) is 4.90. The molecule has 2 N–H and O–H groups in total. The number of carboxylic acid groups (broad SMARTS) is 1. The molecule has 0 spiro atoms. The lowest BCUT2D eigenvalue weighted by Gasteiger charge is -2.34. The molecule has 0 radical (unpaired) electrons. The lowest BCUT2D eigenvalue weighted by Crippen LogP contribution is -2.38. The molecule has 0 aliphatic heterocycles. The smallest absolute Gasteiger partial charge is 0.314 e. The van der Waals surface area contributed by atoms with Crippen LogP contribution in [-0.2, 0) is 16.6 Å². The molecule has 1 aromatic rings. The van der Waals surface area contributed by atoms with Gasteiger partial charge in [-0.3, -0.25) is 4.79 Å². The quantitative estimate of drug-likeness (QED) is 0.863. The minimum Gasteiger partial charge on any atom is -0.507 e. The Morgan fingerprint density at radius 3 is 2.50 bits per heavy atom. The molecule has 1 aromatic carbocycles. The fraction of sp³-hybridized carbons (Fsp3) is 0.533. The van der Waals surface area contributed by atoms with E-state index in [0.29, 0.717) is 18.4 Å². The number of carbonyl (C=O) groups is 1. The molecule has 0 bridgehead atoms. The summed E-state index contributed by atoms with van der Waals surface area (Å²) < 4.78 is 0. The number of hydrogen-bond donors (Lipinski definition) is 2. The van der Waals surface area contributed by atoms with E-state index in [1.807, 2.05) is 19.1 Å². The maximum absolute atomic E-state index is 11.7. The van der Waals surface area contributed by atoms with Crippen molar-refractivity contribution in [2.24, 2.45) is 0 Å². The predicted octanol–water partition coefficient (Wildman–Crippen LogP) is 3.24. The SMILES string of the molecule is CCc1cccc(C2(C(=O)O)CCCCC2)c1O. The lowest BCUT2D eigenvalue weighted by atomic mass is 9.69. The molecule has 3 nitrogen and oxygen atoms in total. The van der Waals surface area contributed by atoms with Crippen LogP contribution in [0.4, 0.5) is 0 Å². The molecule has 0 atom stereocenters. The normalized spacial score (nSPS) is 18.5. The fourth-order valence-electron chi connectivity index (χ4n) is 3.02. The summed E-state index contributed by atoms with van der Waals surface area (Å²) in [7, 11) is 0. The minimum absolute atomic E-state index is 0.185. The Morgan fingerprint density at radius 1 is 1.28 bits per heavy atom. The van der Waals surface area contributed by atoms with Crippen LogP contribution in [0.15, 0.2) is 18.2 Å². The maximum atomic E-state index is 11.7. The highest BCUT2D eigenvalue weighted by Crippen LogP contribution is 2.44. The first-order chi connectivity index (χ1) is 8.62. The van der Waals surface area contributed by atoms with Crippen molar-refractivity contribution in [2.75, 3.05) is 0 Å².